The highest BCUT2D eigenvalue weighted by molar-refractivity contribution is 5.90. The van der Waals surface area contributed by atoms with Gasteiger partial charge in [-0.05, 0) is 77.1 Å². The standard InChI is InChI=1S/C32H29N3O4/c33-19-32(12-13-32)31(39)35-14-11-25-24(21-7-4-8-22(15-21)30(37)38)10-9-23(28(25)18-35)17-34-29(36)27-16-26(27)20-5-2-1-3-6-20/h1-10,15,26-27H,11-14,16-18H2,(H,34,36)(H,37,38). The van der Waals surface area contributed by atoms with Crippen LogP contribution in [-0.4, -0.2) is 34.3 Å². The monoisotopic (exact) mass is 519 g/mol. The summed E-state index contributed by atoms with van der Waals surface area (Å²) >= 11 is 0. The van der Waals surface area contributed by atoms with Crippen molar-refractivity contribution in [3.63, 3.8) is 0 Å². The Hall–Kier alpha value is -4.44. The minimum Gasteiger partial charge on any atom is -0.478 e. The third-order valence-corrected chi connectivity index (χ3v) is 8.40. The SMILES string of the molecule is N#CC1(C(=O)N2CCc3c(-c4cccc(C(=O)O)c4)ccc(CNC(=O)C4CC4c4ccccc4)c3C2)CC1. The summed E-state index contributed by atoms with van der Waals surface area (Å²) in [5.41, 5.74) is 5.21. The Morgan fingerprint density at radius 3 is 2.54 bits per heavy atom. The fourth-order valence-electron chi connectivity index (χ4n) is 5.84. The molecular weight excluding hydrogens is 490 g/mol. The van der Waals surface area contributed by atoms with Crippen LogP contribution >= 0.6 is 0 Å². The molecule has 1 aliphatic heterocycles. The van der Waals surface area contributed by atoms with E-state index in [1.807, 2.05) is 36.4 Å². The molecule has 7 nitrogen and oxygen atoms in total. The Bertz CT molecular complexity index is 1520. The van der Waals surface area contributed by atoms with Crippen LogP contribution in [0.4, 0.5) is 0 Å². The Morgan fingerprint density at radius 1 is 1.03 bits per heavy atom. The molecular formula is C32H29N3O4. The van der Waals surface area contributed by atoms with Crippen LogP contribution in [0.5, 0.6) is 0 Å². The number of nitrogens with one attached hydrogen (secondary N) is 1. The lowest BCUT2D eigenvalue weighted by Gasteiger charge is -2.33. The van der Waals surface area contributed by atoms with Gasteiger partial charge in [0.05, 0.1) is 11.6 Å². The van der Waals surface area contributed by atoms with Crippen molar-refractivity contribution in [2.45, 2.75) is 44.7 Å². The van der Waals surface area contributed by atoms with Gasteiger partial charge in [-0.2, -0.15) is 5.26 Å². The van der Waals surface area contributed by atoms with Crippen LogP contribution in [0.15, 0.2) is 66.7 Å². The molecule has 39 heavy (non-hydrogen) atoms. The average Bonchev–Trinajstić information content (AvgIpc) is 3.90. The molecule has 3 aromatic rings. The van der Waals surface area contributed by atoms with Gasteiger partial charge < -0.3 is 15.3 Å². The van der Waals surface area contributed by atoms with E-state index in [9.17, 15) is 24.8 Å². The van der Waals surface area contributed by atoms with Gasteiger partial charge in [-0.25, -0.2) is 4.79 Å². The molecule has 6 rings (SSSR count). The number of rotatable bonds is 7. The van der Waals surface area contributed by atoms with E-state index in [0.29, 0.717) is 38.9 Å². The molecule has 2 N–H and O–H groups in total. The number of benzene rings is 3. The van der Waals surface area contributed by atoms with Gasteiger partial charge in [-0.1, -0.05) is 54.6 Å². The molecule has 196 valence electrons. The summed E-state index contributed by atoms with van der Waals surface area (Å²) in [4.78, 5) is 39.6. The summed E-state index contributed by atoms with van der Waals surface area (Å²) in [5, 5.41) is 22.2. The van der Waals surface area contributed by atoms with Gasteiger partial charge in [0, 0.05) is 25.6 Å². The van der Waals surface area contributed by atoms with E-state index in [-0.39, 0.29) is 29.2 Å². The van der Waals surface area contributed by atoms with Gasteiger partial charge in [0.1, 0.15) is 5.41 Å². The first-order chi connectivity index (χ1) is 18.9. The summed E-state index contributed by atoms with van der Waals surface area (Å²) in [6.45, 7) is 1.21. The number of carbonyl (C=O) groups excluding carboxylic acids is 2. The second kappa shape index (κ2) is 9.70. The summed E-state index contributed by atoms with van der Waals surface area (Å²) in [5.74, 6) is -0.863. The van der Waals surface area contributed by atoms with Crippen molar-refractivity contribution < 1.29 is 19.5 Å². The molecule has 3 aliphatic rings. The van der Waals surface area contributed by atoms with Crippen LogP contribution in [0.3, 0.4) is 0 Å². The number of aromatic carboxylic acids is 1. The summed E-state index contributed by atoms with van der Waals surface area (Å²) < 4.78 is 0. The zero-order chi connectivity index (χ0) is 27.1. The third-order valence-electron chi connectivity index (χ3n) is 8.40. The average molecular weight is 520 g/mol. The van der Waals surface area contributed by atoms with Crippen LogP contribution in [0.25, 0.3) is 11.1 Å². The highest BCUT2D eigenvalue weighted by atomic mass is 16.4. The molecule has 7 heteroatoms. The molecule has 0 bridgehead atoms. The maximum absolute atomic E-state index is 13.2. The second-order valence-electron chi connectivity index (χ2n) is 10.9. The fourth-order valence-corrected chi connectivity index (χ4v) is 5.84. The van der Waals surface area contributed by atoms with Crippen LogP contribution in [0.2, 0.25) is 0 Å². The van der Waals surface area contributed by atoms with Crippen LogP contribution in [0, 0.1) is 22.7 Å². The predicted molar refractivity (Wildman–Crippen MR) is 144 cm³/mol. The molecule has 2 fully saturated rings. The van der Waals surface area contributed by atoms with Gasteiger partial charge in [-0.15, -0.1) is 0 Å². The molecule has 2 amide bonds. The number of amides is 2. The molecule has 3 aromatic carbocycles. The maximum atomic E-state index is 13.2. The fraction of sp³-hybridized carbons (Fsp3) is 0.312. The van der Waals surface area contributed by atoms with Crippen molar-refractivity contribution in [1.29, 1.82) is 5.26 Å². The van der Waals surface area contributed by atoms with Gasteiger partial charge in [0.25, 0.3) is 0 Å². The van der Waals surface area contributed by atoms with Crippen molar-refractivity contribution in [2.75, 3.05) is 6.54 Å². The van der Waals surface area contributed by atoms with Crippen LogP contribution < -0.4 is 5.32 Å². The first-order valence-electron chi connectivity index (χ1n) is 13.4. The minimum absolute atomic E-state index is 0.0287. The minimum atomic E-state index is -0.984. The first-order valence-corrected chi connectivity index (χ1v) is 13.4. The largest absolute Gasteiger partial charge is 0.478 e. The van der Waals surface area contributed by atoms with E-state index in [1.165, 1.54) is 5.56 Å². The van der Waals surface area contributed by atoms with E-state index >= 15 is 0 Å². The summed E-state index contributed by atoms with van der Waals surface area (Å²) in [6, 6.07) is 23.1. The number of fused-ring (bicyclic) bond motifs is 1. The number of nitrogens with zero attached hydrogens (tertiary/aromatic N) is 2. The quantitative estimate of drug-likeness (QED) is 0.472. The molecule has 1 heterocycles. The summed E-state index contributed by atoms with van der Waals surface area (Å²) in [6.07, 6.45) is 2.63. The van der Waals surface area contributed by atoms with Gasteiger partial charge in [-0.3, -0.25) is 9.59 Å². The van der Waals surface area contributed by atoms with E-state index in [1.54, 1.807) is 23.1 Å². The summed E-state index contributed by atoms with van der Waals surface area (Å²) in [7, 11) is 0. The number of carboxylic acid groups (broad SMARTS) is 1. The van der Waals surface area contributed by atoms with E-state index in [4.69, 9.17) is 0 Å². The lowest BCUT2D eigenvalue weighted by atomic mass is 9.86. The number of carboxylic acids is 1. The lowest BCUT2D eigenvalue weighted by molar-refractivity contribution is -0.136. The van der Waals surface area contributed by atoms with Crippen molar-refractivity contribution in [1.82, 2.24) is 10.2 Å². The second-order valence-corrected chi connectivity index (χ2v) is 10.9. The van der Waals surface area contributed by atoms with E-state index in [0.717, 1.165) is 34.2 Å². The van der Waals surface area contributed by atoms with Crippen molar-refractivity contribution in [3.8, 4) is 17.2 Å². The van der Waals surface area contributed by atoms with Crippen LogP contribution in [0.1, 0.15) is 57.8 Å². The number of nitriles is 1. The van der Waals surface area contributed by atoms with Gasteiger partial charge in [0.2, 0.25) is 11.8 Å². The zero-order valence-corrected chi connectivity index (χ0v) is 21.5. The Balaban J connectivity index is 1.27. The highest BCUT2D eigenvalue weighted by Gasteiger charge is 2.53. The van der Waals surface area contributed by atoms with Crippen molar-refractivity contribution >= 4 is 17.8 Å². The molecule has 2 saturated carbocycles. The Labute approximate surface area is 227 Å². The highest BCUT2D eigenvalue weighted by Crippen LogP contribution is 2.48. The predicted octanol–water partition coefficient (Wildman–Crippen LogP) is 4.66. The van der Waals surface area contributed by atoms with Crippen LogP contribution in [-0.2, 0) is 29.1 Å². The molecule has 0 radical (unpaired) electrons. The molecule has 0 spiro atoms. The van der Waals surface area contributed by atoms with Gasteiger partial charge in [0.15, 0.2) is 0 Å². The van der Waals surface area contributed by atoms with E-state index in [2.05, 4.69) is 23.5 Å². The third kappa shape index (κ3) is 4.67. The van der Waals surface area contributed by atoms with Crippen molar-refractivity contribution in [2.24, 2.45) is 11.3 Å². The lowest BCUT2D eigenvalue weighted by Crippen LogP contribution is -2.41. The van der Waals surface area contributed by atoms with Gasteiger partial charge >= 0.3 is 5.97 Å². The zero-order valence-electron chi connectivity index (χ0n) is 21.5. The first kappa shape index (κ1) is 24.9. The Kier molecular flexibility index (Phi) is 6.19. The normalized spacial score (nSPS) is 20.3. The topological polar surface area (TPSA) is 110 Å². The molecule has 0 saturated heterocycles. The number of carbonyl (C=O) groups is 3. The number of hydrogen-bond donors (Lipinski definition) is 2. The maximum Gasteiger partial charge on any atom is 0.335 e. The smallest absolute Gasteiger partial charge is 0.335 e. The molecule has 0 aromatic heterocycles. The molecule has 2 atom stereocenters. The molecule has 2 unspecified atom stereocenters. The molecule has 2 aliphatic carbocycles. The van der Waals surface area contributed by atoms with E-state index < -0.39 is 11.4 Å². The Morgan fingerprint density at radius 2 is 1.82 bits per heavy atom. The van der Waals surface area contributed by atoms with Crippen molar-refractivity contribution in [3.05, 3.63) is 94.5 Å². The number of hydrogen-bond acceptors (Lipinski definition) is 4.